The Balaban J connectivity index is 2.55. The molecule has 0 aliphatic carbocycles. The molecule has 19 heavy (non-hydrogen) atoms. The smallest absolute Gasteiger partial charge is 0.201 e. The highest BCUT2D eigenvalue weighted by Gasteiger charge is 2.21. The monoisotopic (exact) mass is 280 g/mol. The van der Waals surface area contributed by atoms with Crippen LogP contribution in [-0.4, -0.2) is 35.1 Å². The highest BCUT2D eigenvalue weighted by atomic mass is 35.5. The molecule has 104 valence electrons. The fraction of sp³-hybridized carbons (Fsp3) is 0.500. The van der Waals surface area contributed by atoms with Gasteiger partial charge in [0.2, 0.25) is 5.95 Å². The second-order valence-corrected chi connectivity index (χ2v) is 5.98. The van der Waals surface area contributed by atoms with E-state index in [1.807, 2.05) is 18.2 Å². The Morgan fingerprint density at radius 2 is 2.05 bits per heavy atom. The van der Waals surface area contributed by atoms with E-state index in [0.717, 1.165) is 17.6 Å². The number of anilines is 1. The lowest BCUT2D eigenvalue weighted by atomic mass is 10.0. The number of hydrogen-bond donors (Lipinski definition) is 1. The number of nitrogens with zero attached hydrogens (tertiary/aromatic N) is 3. The maximum Gasteiger partial charge on any atom is 0.201 e. The van der Waals surface area contributed by atoms with Gasteiger partial charge in [0.05, 0.1) is 17.1 Å². The maximum absolute atomic E-state index is 6.11. The lowest BCUT2D eigenvalue weighted by Gasteiger charge is -2.27. The minimum atomic E-state index is 0.293. The summed E-state index contributed by atoms with van der Waals surface area (Å²) in [6, 6.07) is 6.03. The molecule has 0 aliphatic heterocycles. The summed E-state index contributed by atoms with van der Waals surface area (Å²) in [4.78, 5) is 6.59. The molecule has 0 radical (unpaired) electrons. The van der Waals surface area contributed by atoms with Gasteiger partial charge < -0.3 is 15.2 Å². The first kappa shape index (κ1) is 14.2. The van der Waals surface area contributed by atoms with Crippen LogP contribution in [0.3, 0.4) is 0 Å². The maximum atomic E-state index is 6.11. The second-order valence-electron chi connectivity index (χ2n) is 5.55. The van der Waals surface area contributed by atoms with Crippen molar-refractivity contribution < 1.29 is 0 Å². The zero-order valence-electron chi connectivity index (χ0n) is 11.9. The summed E-state index contributed by atoms with van der Waals surface area (Å²) < 4.78 is 2.12. The minimum Gasteiger partial charge on any atom is -0.369 e. The van der Waals surface area contributed by atoms with E-state index in [1.165, 1.54) is 0 Å². The van der Waals surface area contributed by atoms with Crippen LogP contribution in [0.1, 0.15) is 19.9 Å². The van der Waals surface area contributed by atoms with E-state index in [2.05, 4.69) is 42.4 Å². The van der Waals surface area contributed by atoms with Gasteiger partial charge in [-0.2, -0.15) is 0 Å². The van der Waals surface area contributed by atoms with Crippen molar-refractivity contribution in [3.05, 3.63) is 23.2 Å². The average Bonchev–Trinajstić information content (AvgIpc) is 2.60. The molecule has 1 aromatic heterocycles. The van der Waals surface area contributed by atoms with Crippen molar-refractivity contribution in [3.63, 3.8) is 0 Å². The number of likely N-dealkylation sites (N-methyl/N-ethyl adjacent to an activating group) is 1. The minimum absolute atomic E-state index is 0.293. The first-order chi connectivity index (χ1) is 8.90. The molecule has 0 fully saturated rings. The third-order valence-corrected chi connectivity index (χ3v) is 3.57. The number of benzene rings is 1. The Kier molecular flexibility index (Phi) is 4.02. The molecule has 0 saturated carbocycles. The number of fused-ring (bicyclic) bond motifs is 1. The number of halogens is 1. The van der Waals surface area contributed by atoms with Gasteiger partial charge in [0, 0.05) is 11.6 Å². The molecule has 1 unspecified atom stereocenters. The number of aromatic nitrogens is 2. The first-order valence-electron chi connectivity index (χ1n) is 6.48. The summed E-state index contributed by atoms with van der Waals surface area (Å²) in [6.45, 7) is 5.33. The summed E-state index contributed by atoms with van der Waals surface area (Å²) in [6.07, 6.45) is 0. The van der Waals surface area contributed by atoms with Gasteiger partial charge in [0.1, 0.15) is 0 Å². The normalized spacial score (nSPS) is 13.6. The van der Waals surface area contributed by atoms with Crippen LogP contribution in [0.25, 0.3) is 11.0 Å². The predicted octanol–water partition coefficient (Wildman–Crippen LogP) is 3.03. The number of imidazole rings is 1. The molecule has 2 N–H and O–H groups in total. The number of nitrogens with two attached hydrogens (primary N) is 1. The van der Waals surface area contributed by atoms with Gasteiger partial charge in [0.15, 0.2) is 0 Å². The molecular formula is C14H21ClN4. The van der Waals surface area contributed by atoms with Gasteiger partial charge in [-0.3, -0.25) is 0 Å². The fourth-order valence-electron chi connectivity index (χ4n) is 2.40. The SMILES string of the molecule is CC(C)C(CN(C)C)n1c(N)nc2cc(Cl)ccc21. The van der Waals surface area contributed by atoms with Gasteiger partial charge in [-0.1, -0.05) is 25.4 Å². The molecule has 1 aromatic carbocycles. The van der Waals surface area contributed by atoms with Crippen LogP contribution in [0.15, 0.2) is 18.2 Å². The Morgan fingerprint density at radius 1 is 1.37 bits per heavy atom. The van der Waals surface area contributed by atoms with E-state index in [1.54, 1.807) is 0 Å². The molecule has 2 rings (SSSR count). The molecule has 0 amide bonds. The van der Waals surface area contributed by atoms with E-state index in [-0.39, 0.29) is 0 Å². The van der Waals surface area contributed by atoms with Crippen LogP contribution in [0.4, 0.5) is 5.95 Å². The topological polar surface area (TPSA) is 47.1 Å². The van der Waals surface area contributed by atoms with Crippen LogP contribution < -0.4 is 5.73 Å². The molecule has 1 heterocycles. The quantitative estimate of drug-likeness (QED) is 0.936. The van der Waals surface area contributed by atoms with E-state index < -0.39 is 0 Å². The number of rotatable bonds is 4. The van der Waals surface area contributed by atoms with Crippen molar-refractivity contribution in [1.29, 1.82) is 0 Å². The number of nitrogen functional groups attached to an aromatic ring is 1. The van der Waals surface area contributed by atoms with Crippen LogP contribution in [-0.2, 0) is 0 Å². The van der Waals surface area contributed by atoms with Gasteiger partial charge in [-0.15, -0.1) is 0 Å². The Bertz CT molecular complexity index is 574. The average molecular weight is 281 g/mol. The Labute approximate surface area is 119 Å². The molecule has 0 spiro atoms. The van der Waals surface area contributed by atoms with Crippen LogP contribution in [0.2, 0.25) is 5.02 Å². The Hall–Kier alpha value is -1.26. The van der Waals surface area contributed by atoms with Crippen LogP contribution >= 0.6 is 11.6 Å². The molecule has 0 bridgehead atoms. The van der Waals surface area contributed by atoms with Crippen molar-refractivity contribution in [3.8, 4) is 0 Å². The summed E-state index contributed by atoms with van der Waals surface area (Å²) in [5, 5.41) is 0.686. The van der Waals surface area contributed by atoms with Crippen molar-refractivity contribution >= 4 is 28.6 Å². The molecule has 0 saturated heterocycles. The standard InChI is InChI=1S/C14H21ClN4/c1-9(2)13(8-18(3)4)19-12-6-5-10(15)7-11(12)17-14(19)16/h5-7,9,13H,8H2,1-4H3,(H2,16,17). The van der Waals surface area contributed by atoms with Crippen LogP contribution in [0, 0.1) is 5.92 Å². The summed E-state index contributed by atoms with van der Waals surface area (Å²) in [5.74, 6) is 1.02. The fourth-order valence-corrected chi connectivity index (χ4v) is 2.57. The molecule has 4 nitrogen and oxygen atoms in total. The molecule has 5 heteroatoms. The van der Waals surface area contributed by atoms with Gasteiger partial charge in [0.25, 0.3) is 0 Å². The van der Waals surface area contributed by atoms with Crippen molar-refractivity contribution in [1.82, 2.24) is 14.5 Å². The molecule has 1 atom stereocenters. The van der Waals surface area contributed by atoms with E-state index in [4.69, 9.17) is 17.3 Å². The summed E-state index contributed by atoms with van der Waals surface area (Å²) >= 11 is 6.01. The third-order valence-electron chi connectivity index (χ3n) is 3.33. The van der Waals surface area contributed by atoms with E-state index in [9.17, 15) is 0 Å². The second kappa shape index (κ2) is 5.39. The highest BCUT2D eigenvalue weighted by molar-refractivity contribution is 6.31. The lowest BCUT2D eigenvalue weighted by molar-refractivity contribution is 0.275. The van der Waals surface area contributed by atoms with Gasteiger partial charge in [-0.05, 0) is 38.2 Å². The van der Waals surface area contributed by atoms with E-state index >= 15 is 0 Å². The third kappa shape index (κ3) is 2.85. The summed E-state index contributed by atoms with van der Waals surface area (Å²) in [7, 11) is 4.14. The van der Waals surface area contributed by atoms with Crippen LogP contribution in [0.5, 0.6) is 0 Å². The van der Waals surface area contributed by atoms with Crippen molar-refractivity contribution in [2.75, 3.05) is 26.4 Å². The largest absolute Gasteiger partial charge is 0.369 e. The highest BCUT2D eigenvalue weighted by Crippen LogP contribution is 2.29. The Morgan fingerprint density at radius 3 is 2.63 bits per heavy atom. The summed E-state index contributed by atoms with van der Waals surface area (Å²) in [5.41, 5.74) is 8.01. The zero-order valence-corrected chi connectivity index (χ0v) is 12.6. The van der Waals surface area contributed by atoms with E-state index in [0.29, 0.717) is 22.9 Å². The molecule has 2 aromatic rings. The molecule has 0 aliphatic rings. The van der Waals surface area contributed by atoms with Gasteiger partial charge >= 0.3 is 0 Å². The predicted molar refractivity (Wildman–Crippen MR) is 81.6 cm³/mol. The lowest BCUT2D eigenvalue weighted by Crippen LogP contribution is -2.28. The molecular weight excluding hydrogens is 260 g/mol. The zero-order chi connectivity index (χ0) is 14.2. The van der Waals surface area contributed by atoms with Crippen molar-refractivity contribution in [2.24, 2.45) is 5.92 Å². The first-order valence-corrected chi connectivity index (χ1v) is 6.85. The van der Waals surface area contributed by atoms with Crippen molar-refractivity contribution in [2.45, 2.75) is 19.9 Å². The number of hydrogen-bond acceptors (Lipinski definition) is 3. The van der Waals surface area contributed by atoms with Gasteiger partial charge in [-0.25, -0.2) is 4.98 Å².